The molecule has 2 aliphatic carbocycles. The summed E-state index contributed by atoms with van der Waals surface area (Å²) in [6.45, 7) is 9.42. The second-order valence-corrected chi connectivity index (χ2v) is 14.3. The van der Waals surface area contributed by atoms with Crippen LogP contribution >= 0.6 is 0 Å². The van der Waals surface area contributed by atoms with E-state index in [1.165, 1.54) is 27.8 Å². The second kappa shape index (κ2) is 11.9. The van der Waals surface area contributed by atoms with Gasteiger partial charge in [0.2, 0.25) is 0 Å². The van der Waals surface area contributed by atoms with Crippen LogP contribution in [0.1, 0.15) is 87.8 Å². The van der Waals surface area contributed by atoms with Gasteiger partial charge in [-0.2, -0.15) is 0 Å². The van der Waals surface area contributed by atoms with Crippen molar-refractivity contribution >= 4 is 8.78 Å². The van der Waals surface area contributed by atoms with Gasteiger partial charge in [-0.05, 0) is 0 Å². The summed E-state index contributed by atoms with van der Waals surface area (Å²) in [5.41, 5.74) is 18.6. The fraction of sp³-hybridized carbons (Fsp3) is 0.256. The molecule has 0 spiro atoms. The van der Waals surface area contributed by atoms with Crippen LogP contribution in [-0.4, -0.2) is 3.21 Å². The first kappa shape index (κ1) is 27.3. The molecule has 40 heavy (non-hydrogen) atoms. The molecular formula is C39H39Zr. The zero-order valence-corrected chi connectivity index (χ0v) is 26.8. The number of rotatable bonds is 8. The molecule has 0 N–H and O–H groups in total. The normalized spacial score (nSPS) is 15.0. The molecule has 0 fully saturated rings. The molecule has 4 aromatic carbocycles. The van der Waals surface area contributed by atoms with Crippen molar-refractivity contribution in [3.05, 3.63) is 147 Å². The Bertz CT molecular complexity index is 1590. The van der Waals surface area contributed by atoms with E-state index in [0.717, 1.165) is 32.1 Å². The van der Waals surface area contributed by atoms with Crippen molar-refractivity contribution in [2.24, 2.45) is 0 Å². The van der Waals surface area contributed by atoms with Crippen molar-refractivity contribution in [2.45, 2.75) is 63.4 Å². The molecule has 1 heteroatoms. The van der Waals surface area contributed by atoms with Gasteiger partial charge in [-0.3, -0.25) is 0 Å². The zero-order chi connectivity index (χ0) is 27.6. The van der Waals surface area contributed by atoms with Crippen LogP contribution in [0.15, 0.2) is 97.1 Å². The average Bonchev–Trinajstić information content (AvgIpc) is 3.66. The van der Waals surface area contributed by atoms with Gasteiger partial charge in [0, 0.05) is 0 Å². The van der Waals surface area contributed by atoms with Crippen molar-refractivity contribution in [3.8, 4) is 11.1 Å². The van der Waals surface area contributed by atoms with Crippen LogP contribution in [0.2, 0.25) is 0 Å². The van der Waals surface area contributed by atoms with Crippen molar-refractivity contribution in [1.82, 2.24) is 0 Å². The fourth-order valence-corrected chi connectivity index (χ4v) is 11.4. The zero-order valence-electron chi connectivity index (χ0n) is 24.4. The molecule has 0 saturated carbocycles. The third kappa shape index (κ3) is 4.71. The Hall–Kier alpha value is -2.89. The molecule has 0 heterocycles. The first-order chi connectivity index (χ1) is 19.7. The molecule has 0 radical (unpaired) electrons. The summed E-state index contributed by atoms with van der Waals surface area (Å²) in [4.78, 5) is 0. The number of hydrogen-bond donors (Lipinski definition) is 0. The van der Waals surface area contributed by atoms with Gasteiger partial charge in [-0.1, -0.05) is 0 Å². The van der Waals surface area contributed by atoms with Gasteiger partial charge in [0.25, 0.3) is 0 Å². The van der Waals surface area contributed by atoms with E-state index >= 15 is 0 Å². The van der Waals surface area contributed by atoms with E-state index in [0.29, 0.717) is 3.63 Å². The predicted molar refractivity (Wildman–Crippen MR) is 169 cm³/mol. The number of hydrogen-bond acceptors (Lipinski definition) is 0. The molecular weight excluding hydrogens is 560 g/mol. The summed E-state index contributed by atoms with van der Waals surface area (Å²) >= 11 is -1.18. The third-order valence-electron chi connectivity index (χ3n) is 8.83. The molecule has 2 aliphatic rings. The maximum absolute atomic E-state index is 2.58. The standard InChI is InChI=1S/C26H29.C13H10.Zr/c1-5-17-13-14-23-19(15-17)16-24-25(18-11-9-10-12-18)21(7-3)20(6-2)22(8-4)26(23)24;1-3-7-12(8-4-1)11-13-9-5-2-6-10-13;/h9-11,13-16H,5-8,12H2,1-4H3;1-10H;. The molecule has 0 saturated heterocycles. The Balaban J connectivity index is 1.73. The summed E-state index contributed by atoms with van der Waals surface area (Å²) < 4.78 is 2.10. The van der Waals surface area contributed by atoms with Crippen LogP contribution in [0.4, 0.5) is 0 Å². The molecule has 4 aromatic rings. The van der Waals surface area contributed by atoms with Crippen molar-refractivity contribution in [2.75, 3.05) is 0 Å². The molecule has 0 aliphatic heterocycles. The molecule has 0 aromatic heterocycles. The summed E-state index contributed by atoms with van der Waals surface area (Å²) in [5.74, 6) is 0. The van der Waals surface area contributed by atoms with Crippen LogP contribution in [0, 0.1) is 0 Å². The topological polar surface area (TPSA) is 0 Å². The van der Waals surface area contributed by atoms with Crippen LogP contribution in [0.5, 0.6) is 0 Å². The molecule has 6 rings (SSSR count). The monoisotopic (exact) mass is 597 g/mol. The minimum absolute atomic E-state index is 0.494. The quantitative estimate of drug-likeness (QED) is 0.189. The number of benzene rings is 4. The molecule has 1 atom stereocenters. The summed E-state index contributed by atoms with van der Waals surface area (Å²) in [6, 6.07) is 29.9. The van der Waals surface area contributed by atoms with Gasteiger partial charge in [0.1, 0.15) is 0 Å². The summed E-state index contributed by atoms with van der Waals surface area (Å²) in [7, 11) is 0. The Kier molecular flexibility index (Phi) is 8.13. The summed E-state index contributed by atoms with van der Waals surface area (Å²) in [6.07, 6.45) is 12.5. The Morgan fingerprint density at radius 1 is 0.700 bits per heavy atom. The van der Waals surface area contributed by atoms with Crippen molar-refractivity contribution in [1.29, 1.82) is 0 Å². The van der Waals surface area contributed by atoms with Crippen LogP contribution in [0.3, 0.4) is 0 Å². The van der Waals surface area contributed by atoms with Gasteiger partial charge < -0.3 is 0 Å². The average molecular weight is 599 g/mol. The van der Waals surface area contributed by atoms with Gasteiger partial charge in [-0.25, -0.2) is 0 Å². The van der Waals surface area contributed by atoms with E-state index in [1.54, 1.807) is 42.2 Å². The van der Waals surface area contributed by atoms with E-state index < -0.39 is 22.8 Å². The molecule has 1 unspecified atom stereocenters. The van der Waals surface area contributed by atoms with Crippen molar-refractivity contribution in [3.63, 3.8) is 0 Å². The second-order valence-electron chi connectivity index (χ2n) is 10.9. The number of aryl methyl sites for hydroxylation is 1. The van der Waals surface area contributed by atoms with E-state index in [4.69, 9.17) is 0 Å². The van der Waals surface area contributed by atoms with Crippen LogP contribution < -0.4 is 0 Å². The van der Waals surface area contributed by atoms with E-state index in [1.807, 2.05) is 0 Å². The minimum atomic E-state index is -1.18. The van der Waals surface area contributed by atoms with Gasteiger partial charge in [-0.15, -0.1) is 0 Å². The van der Waals surface area contributed by atoms with Gasteiger partial charge >= 0.3 is 253 Å². The first-order valence-electron chi connectivity index (χ1n) is 15.1. The molecule has 0 nitrogen and oxygen atoms in total. The Morgan fingerprint density at radius 3 is 1.88 bits per heavy atom. The SMILES string of the molecule is CCc1ccc2c(c1)[CH]([Zr]=[C](c1ccccc1)c1ccccc1)c1c(C3=CC=CC3)c(CC)c(CC)c(CC)c1-2. The Morgan fingerprint density at radius 2 is 1.32 bits per heavy atom. The molecule has 0 bridgehead atoms. The van der Waals surface area contributed by atoms with Crippen LogP contribution in [-0.2, 0) is 48.4 Å². The van der Waals surface area contributed by atoms with E-state index in [-0.39, 0.29) is 0 Å². The fourth-order valence-electron chi connectivity index (χ4n) is 7.03. The summed E-state index contributed by atoms with van der Waals surface area (Å²) in [5, 5.41) is 0. The third-order valence-corrected chi connectivity index (χ3v) is 13.1. The predicted octanol–water partition coefficient (Wildman–Crippen LogP) is 9.70. The number of allylic oxidation sites excluding steroid dienone is 4. The van der Waals surface area contributed by atoms with Crippen LogP contribution in [0.25, 0.3) is 16.7 Å². The molecule has 199 valence electrons. The number of fused-ring (bicyclic) bond motifs is 3. The van der Waals surface area contributed by atoms with E-state index in [2.05, 4.69) is 125 Å². The van der Waals surface area contributed by atoms with Gasteiger partial charge in [0.15, 0.2) is 0 Å². The van der Waals surface area contributed by atoms with Crippen molar-refractivity contribution < 1.29 is 22.8 Å². The van der Waals surface area contributed by atoms with E-state index in [9.17, 15) is 0 Å². The first-order valence-corrected chi connectivity index (χ1v) is 17.8. The Labute approximate surface area is 251 Å². The molecule has 0 amide bonds. The maximum atomic E-state index is 2.58. The van der Waals surface area contributed by atoms with Gasteiger partial charge in [0.05, 0.1) is 0 Å².